The zero-order chi connectivity index (χ0) is 22.1. The van der Waals surface area contributed by atoms with E-state index >= 15 is 0 Å². The van der Waals surface area contributed by atoms with Gasteiger partial charge in [-0.15, -0.1) is 0 Å². The number of hydrogen-bond acceptors (Lipinski definition) is 4. The minimum Gasteiger partial charge on any atom is -0.322 e. The molecule has 1 aliphatic heterocycles. The van der Waals surface area contributed by atoms with Crippen molar-refractivity contribution in [2.24, 2.45) is 0 Å². The quantitative estimate of drug-likeness (QED) is 0.418. The summed E-state index contributed by atoms with van der Waals surface area (Å²) in [5.41, 5.74) is 3.50. The lowest BCUT2D eigenvalue weighted by atomic mass is 10.1. The molecule has 5 rings (SSSR count). The lowest BCUT2D eigenvalue weighted by molar-refractivity contribution is 0.101. The maximum absolute atomic E-state index is 13.6. The average molecular weight is 441 g/mol. The number of hydrogen-bond donors (Lipinski definition) is 2. The van der Waals surface area contributed by atoms with Gasteiger partial charge in [0, 0.05) is 32.8 Å². The summed E-state index contributed by atoms with van der Waals surface area (Å²) < 4.78 is 13.6. The van der Waals surface area contributed by atoms with E-state index in [1.807, 2.05) is 36.4 Å². The summed E-state index contributed by atoms with van der Waals surface area (Å²) in [5.74, 6) is -1.19. The maximum Gasteiger partial charge on any atom is 0.256 e. The van der Waals surface area contributed by atoms with E-state index in [-0.39, 0.29) is 11.5 Å². The molecular weight excluding hydrogens is 425 g/mol. The number of aromatic nitrogens is 1. The standard InChI is InChI=1S/C25H16FN3O2S/c26-17-8-10-22-19(14-17)25(31)29-21-13-16(7-9-23(21)32-22)24(30)28-18-5-3-4-15(12-18)20-6-1-2-11-27-20/h1-14H,(H,28,30)(H,29,31). The second-order valence-electron chi connectivity index (χ2n) is 7.16. The number of carbonyl (C=O) groups is 2. The Bertz CT molecular complexity index is 1360. The largest absolute Gasteiger partial charge is 0.322 e. The van der Waals surface area contributed by atoms with Gasteiger partial charge in [0.15, 0.2) is 0 Å². The van der Waals surface area contributed by atoms with Crippen LogP contribution in [0.5, 0.6) is 0 Å². The van der Waals surface area contributed by atoms with E-state index in [1.165, 1.54) is 23.9 Å². The summed E-state index contributed by atoms with van der Waals surface area (Å²) in [6.45, 7) is 0. The molecule has 7 heteroatoms. The van der Waals surface area contributed by atoms with Gasteiger partial charge in [-0.1, -0.05) is 30.0 Å². The average Bonchev–Trinajstić information content (AvgIpc) is 2.95. The van der Waals surface area contributed by atoms with Crippen LogP contribution >= 0.6 is 11.8 Å². The van der Waals surface area contributed by atoms with E-state index in [0.29, 0.717) is 21.8 Å². The van der Waals surface area contributed by atoms with Crippen LogP contribution in [0.4, 0.5) is 15.8 Å². The lowest BCUT2D eigenvalue weighted by Crippen LogP contribution is -2.14. The number of amides is 2. The maximum atomic E-state index is 13.6. The second-order valence-corrected chi connectivity index (χ2v) is 8.24. The van der Waals surface area contributed by atoms with E-state index < -0.39 is 11.7 Å². The van der Waals surface area contributed by atoms with Gasteiger partial charge in [0.2, 0.25) is 0 Å². The molecule has 0 bridgehead atoms. The first-order valence-electron chi connectivity index (χ1n) is 9.82. The van der Waals surface area contributed by atoms with Gasteiger partial charge in [0.05, 0.1) is 16.9 Å². The fourth-order valence-electron chi connectivity index (χ4n) is 3.43. The first-order chi connectivity index (χ1) is 15.6. The monoisotopic (exact) mass is 441 g/mol. The van der Waals surface area contributed by atoms with Crippen LogP contribution in [-0.4, -0.2) is 16.8 Å². The van der Waals surface area contributed by atoms with Crippen molar-refractivity contribution in [1.29, 1.82) is 0 Å². The van der Waals surface area contributed by atoms with Crippen molar-refractivity contribution in [3.63, 3.8) is 0 Å². The molecule has 156 valence electrons. The minimum absolute atomic E-state index is 0.267. The van der Waals surface area contributed by atoms with Crippen molar-refractivity contribution in [3.05, 3.63) is 102 Å². The molecule has 1 aliphatic rings. The number of benzene rings is 3. The van der Waals surface area contributed by atoms with Crippen molar-refractivity contribution >= 4 is 35.0 Å². The highest BCUT2D eigenvalue weighted by molar-refractivity contribution is 7.99. The van der Waals surface area contributed by atoms with E-state index in [2.05, 4.69) is 15.6 Å². The zero-order valence-electron chi connectivity index (χ0n) is 16.6. The van der Waals surface area contributed by atoms with Crippen LogP contribution in [0, 0.1) is 5.82 Å². The third-order valence-corrected chi connectivity index (χ3v) is 6.13. The third kappa shape index (κ3) is 3.98. The Morgan fingerprint density at radius 3 is 2.66 bits per heavy atom. The Hall–Kier alpha value is -3.97. The molecule has 2 heterocycles. The smallest absolute Gasteiger partial charge is 0.256 e. The van der Waals surface area contributed by atoms with Crippen LogP contribution in [0.2, 0.25) is 0 Å². The molecule has 0 radical (unpaired) electrons. The Morgan fingerprint density at radius 1 is 0.938 bits per heavy atom. The van der Waals surface area contributed by atoms with Gasteiger partial charge in [-0.05, 0) is 60.7 Å². The molecule has 2 N–H and O–H groups in total. The van der Waals surface area contributed by atoms with E-state index in [9.17, 15) is 14.0 Å². The first-order valence-corrected chi connectivity index (χ1v) is 10.6. The number of nitrogens with one attached hydrogen (secondary N) is 2. The van der Waals surface area contributed by atoms with Crippen LogP contribution in [0.3, 0.4) is 0 Å². The van der Waals surface area contributed by atoms with Gasteiger partial charge in [-0.3, -0.25) is 14.6 Å². The molecule has 5 nitrogen and oxygen atoms in total. The molecule has 0 saturated carbocycles. The van der Waals surface area contributed by atoms with Crippen LogP contribution in [0.1, 0.15) is 20.7 Å². The minimum atomic E-state index is -0.474. The van der Waals surface area contributed by atoms with Crippen molar-refractivity contribution < 1.29 is 14.0 Å². The number of halogens is 1. The van der Waals surface area contributed by atoms with Gasteiger partial charge in [0.25, 0.3) is 11.8 Å². The molecule has 0 saturated heterocycles. The highest BCUT2D eigenvalue weighted by Gasteiger charge is 2.21. The SMILES string of the molecule is O=C(Nc1cccc(-c2ccccn2)c1)c1ccc2c(c1)NC(=O)c1cc(F)ccc1S2. The van der Waals surface area contributed by atoms with Crippen LogP contribution in [0.25, 0.3) is 11.3 Å². The van der Waals surface area contributed by atoms with Gasteiger partial charge in [-0.25, -0.2) is 4.39 Å². The summed E-state index contributed by atoms with van der Waals surface area (Å²) in [4.78, 5) is 31.2. The fraction of sp³-hybridized carbons (Fsp3) is 0. The molecule has 0 spiro atoms. The Balaban J connectivity index is 1.39. The second kappa shape index (κ2) is 8.28. The highest BCUT2D eigenvalue weighted by Crippen LogP contribution is 2.39. The van der Waals surface area contributed by atoms with Gasteiger partial charge >= 0.3 is 0 Å². The lowest BCUT2D eigenvalue weighted by Gasteiger charge is -2.10. The highest BCUT2D eigenvalue weighted by atomic mass is 32.2. The number of rotatable bonds is 3. The zero-order valence-corrected chi connectivity index (χ0v) is 17.4. The van der Waals surface area contributed by atoms with Crippen molar-refractivity contribution in [1.82, 2.24) is 4.98 Å². The van der Waals surface area contributed by atoms with Crippen molar-refractivity contribution in [2.75, 3.05) is 10.6 Å². The molecule has 0 fully saturated rings. The molecule has 32 heavy (non-hydrogen) atoms. The van der Waals surface area contributed by atoms with Crippen molar-refractivity contribution in [2.45, 2.75) is 9.79 Å². The Labute approximate surface area is 187 Å². The Kier molecular flexibility index (Phi) is 5.17. The van der Waals surface area contributed by atoms with E-state index in [4.69, 9.17) is 0 Å². The predicted octanol–water partition coefficient (Wildman–Crippen LogP) is 5.86. The summed E-state index contributed by atoms with van der Waals surface area (Å²) in [6, 6.07) is 22.3. The van der Waals surface area contributed by atoms with Crippen LogP contribution in [-0.2, 0) is 0 Å². The summed E-state index contributed by atoms with van der Waals surface area (Å²) >= 11 is 1.35. The molecule has 3 aromatic carbocycles. The van der Waals surface area contributed by atoms with Gasteiger partial charge in [-0.2, -0.15) is 0 Å². The number of carbonyl (C=O) groups excluding carboxylic acids is 2. The predicted molar refractivity (Wildman–Crippen MR) is 123 cm³/mol. The van der Waals surface area contributed by atoms with Gasteiger partial charge < -0.3 is 10.6 Å². The van der Waals surface area contributed by atoms with E-state index in [1.54, 1.807) is 36.5 Å². The number of fused-ring (bicyclic) bond motifs is 2. The molecule has 0 aliphatic carbocycles. The summed E-state index contributed by atoms with van der Waals surface area (Å²) in [5, 5.41) is 5.67. The van der Waals surface area contributed by atoms with Crippen molar-refractivity contribution in [3.8, 4) is 11.3 Å². The first kappa shape index (κ1) is 20.0. The molecular formula is C25H16FN3O2S. The molecule has 1 aromatic heterocycles. The topological polar surface area (TPSA) is 71.1 Å². The molecule has 0 unspecified atom stereocenters. The normalized spacial score (nSPS) is 12.2. The number of pyridine rings is 1. The molecule has 4 aromatic rings. The van der Waals surface area contributed by atoms with E-state index in [0.717, 1.165) is 16.2 Å². The van der Waals surface area contributed by atoms with Crippen LogP contribution in [0.15, 0.2) is 94.9 Å². The van der Waals surface area contributed by atoms with Gasteiger partial charge in [0.1, 0.15) is 5.82 Å². The number of anilines is 2. The molecule has 0 atom stereocenters. The third-order valence-electron chi connectivity index (χ3n) is 4.98. The molecule has 2 amide bonds. The number of nitrogens with zero attached hydrogens (tertiary/aromatic N) is 1. The van der Waals surface area contributed by atoms with Crippen LogP contribution < -0.4 is 10.6 Å². The Morgan fingerprint density at radius 2 is 1.81 bits per heavy atom. The summed E-state index contributed by atoms with van der Waals surface area (Å²) in [6.07, 6.45) is 1.72. The fourth-order valence-corrected chi connectivity index (χ4v) is 4.42. The summed E-state index contributed by atoms with van der Waals surface area (Å²) in [7, 11) is 0.